The summed E-state index contributed by atoms with van der Waals surface area (Å²) in [7, 11) is 0. The van der Waals surface area contributed by atoms with Crippen LogP contribution in [0.2, 0.25) is 0 Å². The molecule has 0 bridgehead atoms. The highest BCUT2D eigenvalue weighted by molar-refractivity contribution is 4.83. The summed E-state index contributed by atoms with van der Waals surface area (Å²) in [6.07, 6.45) is 9.55. The first-order chi connectivity index (χ1) is 7.29. The third-order valence-corrected chi connectivity index (χ3v) is 3.74. The molecule has 2 atom stereocenters. The van der Waals surface area contributed by atoms with Crippen LogP contribution in [-0.4, -0.2) is 30.1 Å². The molecular weight excluding hydrogens is 184 g/mol. The lowest BCUT2D eigenvalue weighted by atomic mass is 10.1. The zero-order chi connectivity index (χ0) is 11.1. The Labute approximate surface area is 95.2 Å². The monoisotopic (exact) mass is 212 g/mol. The zero-order valence-corrected chi connectivity index (χ0v) is 10.5. The van der Waals surface area contributed by atoms with Gasteiger partial charge in [0.15, 0.2) is 0 Å². The summed E-state index contributed by atoms with van der Waals surface area (Å²) in [4.78, 5) is 2.63. The maximum Gasteiger partial charge on any atom is 0.0221 e. The van der Waals surface area contributed by atoms with Crippen molar-refractivity contribution in [3.63, 3.8) is 0 Å². The molecule has 0 aromatic heterocycles. The lowest BCUT2D eigenvalue weighted by Crippen LogP contribution is -2.41. The third-order valence-electron chi connectivity index (χ3n) is 3.74. The summed E-state index contributed by atoms with van der Waals surface area (Å²) in [6.45, 7) is 6.77. The van der Waals surface area contributed by atoms with Crippen LogP contribution in [-0.2, 0) is 0 Å². The van der Waals surface area contributed by atoms with Gasteiger partial charge in [-0.3, -0.25) is 4.90 Å². The fraction of sp³-hybridized carbons (Fsp3) is 1.00. The minimum absolute atomic E-state index is 0.672. The van der Waals surface area contributed by atoms with E-state index in [1.54, 1.807) is 0 Å². The predicted molar refractivity (Wildman–Crippen MR) is 67.0 cm³/mol. The molecule has 2 nitrogen and oxygen atoms in total. The van der Waals surface area contributed by atoms with Gasteiger partial charge in [-0.2, -0.15) is 0 Å². The Morgan fingerprint density at radius 2 is 2.13 bits per heavy atom. The Bertz CT molecular complexity index is 159. The first kappa shape index (κ1) is 13.0. The highest BCUT2D eigenvalue weighted by Gasteiger charge is 2.26. The normalized spacial score (nSPS) is 24.6. The molecule has 0 radical (unpaired) electrons. The zero-order valence-electron chi connectivity index (χ0n) is 10.5. The van der Waals surface area contributed by atoms with Gasteiger partial charge in [0.25, 0.3) is 0 Å². The number of unbranched alkanes of at least 4 members (excludes halogenated alkanes) is 3. The van der Waals surface area contributed by atoms with Crippen molar-refractivity contribution >= 4 is 0 Å². The molecule has 1 fully saturated rings. The molecule has 0 aliphatic carbocycles. The summed E-state index contributed by atoms with van der Waals surface area (Å²) in [5.74, 6) is 0. The molecule has 2 heteroatoms. The molecule has 1 aliphatic rings. The van der Waals surface area contributed by atoms with Gasteiger partial charge in [-0.15, -0.1) is 0 Å². The molecule has 0 aromatic carbocycles. The van der Waals surface area contributed by atoms with E-state index in [1.165, 1.54) is 51.5 Å². The van der Waals surface area contributed by atoms with Crippen LogP contribution in [0.15, 0.2) is 0 Å². The molecule has 1 heterocycles. The van der Waals surface area contributed by atoms with Crippen molar-refractivity contribution in [2.75, 3.05) is 13.1 Å². The fourth-order valence-corrected chi connectivity index (χ4v) is 2.72. The van der Waals surface area contributed by atoms with Crippen molar-refractivity contribution < 1.29 is 0 Å². The van der Waals surface area contributed by atoms with Crippen LogP contribution >= 0.6 is 0 Å². The Morgan fingerprint density at radius 3 is 2.80 bits per heavy atom. The van der Waals surface area contributed by atoms with Gasteiger partial charge in [-0.05, 0) is 32.7 Å². The molecule has 0 amide bonds. The van der Waals surface area contributed by atoms with E-state index in [4.69, 9.17) is 5.73 Å². The quantitative estimate of drug-likeness (QED) is 0.658. The molecule has 15 heavy (non-hydrogen) atoms. The van der Waals surface area contributed by atoms with Crippen LogP contribution < -0.4 is 5.73 Å². The van der Waals surface area contributed by atoms with Crippen molar-refractivity contribution in [2.45, 2.75) is 70.9 Å². The van der Waals surface area contributed by atoms with Gasteiger partial charge in [-0.25, -0.2) is 0 Å². The van der Waals surface area contributed by atoms with Gasteiger partial charge >= 0.3 is 0 Å². The van der Waals surface area contributed by atoms with E-state index < -0.39 is 0 Å². The van der Waals surface area contributed by atoms with Gasteiger partial charge in [-0.1, -0.05) is 32.6 Å². The summed E-state index contributed by atoms with van der Waals surface area (Å²) in [6, 6.07) is 1.42. The summed E-state index contributed by atoms with van der Waals surface area (Å²) >= 11 is 0. The number of nitrogens with zero attached hydrogens (tertiary/aromatic N) is 1. The molecule has 2 unspecified atom stereocenters. The molecule has 0 aromatic rings. The number of nitrogens with two attached hydrogens (primary N) is 1. The second-order valence-corrected chi connectivity index (χ2v) is 4.97. The standard InChI is InChI=1S/C13H28N2/c1-3-4-5-6-8-12(2)15-10-7-9-13(15)11-14/h12-13H,3-11,14H2,1-2H3. The Balaban J connectivity index is 2.17. The highest BCUT2D eigenvalue weighted by atomic mass is 15.2. The molecule has 1 saturated heterocycles. The number of likely N-dealkylation sites (tertiary alicyclic amines) is 1. The van der Waals surface area contributed by atoms with Crippen molar-refractivity contribution in [1.82, 2.24) is 4.90 Å². The number of rotatable bonds is 7. The van der Waals surface area contributed by atoms with E-state index in [0.29, 0.717) is 6.04 Å². The van der Waals surface area contributed by atoms with Crippen LogP contribution in [0.5, 0.6) is 0 Å². The fourth-order valence-electron chi connectivity index (χ4n) is 2.72. The Morgan fingerprint density at radius 1 is 1.33 bits per heavy atom. The van der Waals surface area contributed by atoms with Crippen molar-refractivity contribution in [3.8, 4) is 0 Å². The molecule has 1 aliphatic heterocycles. The maximum atomic E-state index is 5.80. The van der Waals surface area contributed by atoms with E-state index in [-0.39, 0.29) is 0 Å². The van der Waals surface area contributed by atoms with Crippen LogP contribution in [0.4, 0.5) is 0 Å². The lowest BCUT2D eigenvalue weighted by Gasteiger charge is -2.30. The minimum atomic E-state index is 0.672. The Kier molecular flexibility index (Phi) is 6.26. The average Bonchev–Trinajstić information content (AvgIpc) is 2.72. The van der Waals surface area contributed by atoms with Gasteiger partial charge in [0.05, 0.1) is 0 Å². The number of hydrogen-bond acceptors (Lipinski definition) is 2. The number of hydrogen-bond donors (Lipinski definition) is 1. The predicted octanol–water partition coefficient (Wildman–Crippen LogP) is 2.77. The van der Waals surface area contributed by atoms with Crippen LogP contribution in [0.25, 0.3) is 0 Å². The smallest absolute Gasteiger partial charge is 0.0221 e. The van der Waals surface area contributed by atoms with Gasteiger partial charge in [0.1, 0.15) is 0 Å². The first-order valence-corrected chi connectivity index (χ1v) is 6.75. The third kappa shape index (κ3) is 4.12. The van der Waals surface area contributed by atoms with Gasteiger partial charge < -0.3 is 5.73 Å². The molecule has 2 N–H and O–H groups in total. The summed E-state index contributed by atoms with van der Waals surface area (Å²) in [5, 5.41) is 0. The second kappa shape index (κ2) is 7.24. The van der Waals surface area contributed by atoms with E-state index in [9.17, 15) is 0 Å². The molecule has 0 saturated carbocycles. The van der Waals surface area contributed by atoms with E-state index >= 15 is 0 Å². The maximum absolute atomic E-state index is 5.80. The summed E-state index contributed by atoms with van der Waals surface area (Å²) < 4.78 is 0. The lowest BCUT2D eigenvalue weighted by molar-refractivity contribution is 0.183. The largest absolute Gasteiger partial charge is 0.329 e. The average molecular weight is 212 g/mol. The Hall–Kier alpha value is -0.0800. The van der Waals surface area contributed by atoms with Gasteiger partial charge in [0.2, 0.25) is 0 Å². The van der Waals surface area contributed by atoms with Gasteiger partial charge in [0, 0.05) is 18.6 Å². The van der Waals surface area contributed by atoms with Crippen molar-refractivity contribution in [1.29, 1.82) is 0 Å². The highest BCUT2D eigenvalue weighted by Crippen LogP contribution is 2.21. The molecule has 0 spiro atoms. The first-order valence-electron chi connectivity index (χ1n) is 6.75. The van der Waals surface area contributed by atoms with Crippen molar-refractivity contribution in [3.05, 3.63) is 0 Å². The SMILES string of the molecule is CCCCCCC(C)N1CCCC1CN. The van der Waals surface area contributed by atoms with Crippen LogP contribution in [0, 0.1) is 0 Å². The minimum Gasteiger partial charge on any atom is -0.329 e. The second-order valence-electron chi connectivity index (χ2n) is 4.97. The topological polar surface area (TPSA) is 29.3 Å². The molecule has 90 valence electrons. The molecular formula is C13H28N2. The van der Waals surface area contributed by atoms with E-state index in [0.717, 1.165) is 12.6 Å². The molecule has 1 rings (SSSR count). The summed E-state index contributed by atoms with van der Waals surface area (Å²) in [5.41, 5.74) is 5.80. The van der Waals surface area contributed by atoms with E-state index in [1.807, 2.05) is 0 Å². The van der Waals surface area contributed by atoms with Crippen LogP contribution in [0.1, 0.15) is 58.8 Å². The van der Waals surface area contributed by atoms with Crippen molar-refractivity contribution in [2.24, 2.45) is 5.73 Å². The van der Waals surface area contributed by atoms with Crippen LogP contribution in [0.3, 0.4) is 0 Å². The van der Waals surface area contributed by atoms with E-state index in [2.05, 4.69) is 18.7 Å².